The van der Waals surface area contributed by atoms with Crippen LogP contribution < -0.4 is 14.8 Å². The van der Waals surface area contributed by atoms with E-state index in [4.69, 9.17) is 18.6 Å². The number of hydrogen-bond acceptors (Lipinski definition) is 8. The van der Waals surface area contributed by atoms with E-state index in [1.165, 1.54) is 18.4 Å². The highest BCUT2D eigenvalue weighted by Gasteiger charge is 2.17. The molecule has 1 N–H and O–H groups in total. The number of carbonyl (C=O) groups is 1. The third kappa shape index (κ3) is 5.51. The molecule has 1 amide bonds. The van der Waals surface area contributed by atoms with Crippen molar-refractivity contribution >= 4 is 23.3 Å². The van der Waals surface area contributed by atoms with Gasteiger partial charge in [0, 0.05) is 6.07 Å². The monoisotopic (exact) mass is 451 g/mol. The summed E-state index contributed by atoms with van der Waals surface area (Å²) in [6, 6.07) is 18.6. The lowest BCUT2D eigenvalue weighted by atomic mass is 10.2. The van der Waals surface area contributed by atoms with Crippen LogP contribution in [-0.2, 0) is 11.3 Å². The number of aromatic nitrogens is 2. The van der Waals surface area contributed by atoms with Crippen LogP contribution in [0.15, 0.2) is 70.5 Å². The molecule has 4 aromatic rings. The second kappa shape index (κ2) is 10.6. The summed E-state index contributed by atoms with van der Waals surface area (Å²) in [5.74, 6) is 0.851. The maximum atomic E-state index is 12.7. The van der Waals surface area contributed by atoms with Gasteiger partial charge in [-0.1, -0.05) is 41.5 Å². The largest absolute Gasteiger partial charge is 0.496 e. The minimum atomic E-state index is -0.430. The van der Waals surface area contributed by atoms with E-state index in [2.05, 4.69) is 15.5 Å². The number of ether oxygens (including phenoxy) is 3. The summed E-state index contributed by atoms with van der Waals surface area (Å²) >= 11 is 1.47. The fourth-order valence-electron chi connectivity index (χ4n) is 2.87. The molecule has 32 heavy (non-hydrogen) atoms. The maximum absolute atomic E-state index is 12.7. The first-order chi connectivity index (χ1) is 15.7. The second-order valence-electron chi connectivity index (χ2n) is 6.59. The lowest BCUT2D eigenvalue weighted by Crippen LogP contribution is -2.14. The first-order valence-electron chi connectivity index (χ1n) is 9.84. The van der Waals surface area contributed by atoms with E-state index in [-0.39, 0.29) is 6.01 Å². The molecule has 0 unspecified atom stereocenters. The van der Waals surface area contributed by atoms with Crippen molar-refractivity contribution < 1.29 is 23.4 Å². The predicted octanol–water partition coefficient (Wildman–Crippen LogP) is 4.65. The van der Waals surface area contributed by atoms with Crippen molar-refractivity contribution in [2.45, 2.75) is 6.61 Å². The van der Waals surface area contributed by atoms with Crippen LogP contribution in [0.3, 0.4) is 0 Å². The van der Waals surface area contributed by atoms with Crippen LogP contribution in [0.2, 0.25) is 0 Å². The number of hydrogen-bond donors (Lipinski definition) is 1. The lowest BCUT2D eigenvalue weighted by molar-refractivity contribution is 0.0888. The fraction of sp³-hybridized carbons (Fsp3) is 0.174. The van der Waals surface area contributed by atoms with Crippen molar-refractivity contribution in [2.75, 3.05) is 25.6 Å². The summed E-state index contributed by atoms with van der Waals surface area (Å²) < 4.78 is 22.2. The first kappa shape index (κ1) is 21.5. The molecule has 2 heterocycles. The van der Waals surface area contributed by atoms with Crippen LogP contribution in [0.1, 0.15) is 15.9 Å². The minimum Gasteiger partial charge on any atom is -0.496 e. The van der Waals surface area contributed by atoms with Crippen LogP contribution in [0, 0.1) is 0 Å². The number of thiophene rings is 1. The average Bonchev–Trinajstić information content (AvgIpc) is 3.51. The van der Waals surface area contributed by atoms with Gasteiger partial charge < -0.3 is 18.6 Å². The van der Waals surface area contributed by atoms with Gasteiger partial charge in [-0.05, 0) is 29.1 Å². The van der Waals surface area contributed by atoms with Crippen molar-refractivity contribution in [3.8, 4) is 22.3 Å². The third-order valence-corrected chi connectivity index (χ3v) is 5.26. The van der Waals surface area contributed by atoms with Crippen molar-refractivity contribution in [1.82, 2.24) is 10.2 Å². The van der Waals surface area contributed by atoms with E-state index in [0.29, 0.717) is 42.8 Å². The topological polar surface area (TPSA) is 95.7 Å². The van der Waals surface area contributed by atoms with Gasteiger partial charge in [-0.3, -0.25) is 10.1 Å². The van der Waals surface area contributed by atoms with Gasteiger partial charge in [0.05, 0.1) is 30.8 Å². The summed E-state index contributed by atoms with van der Waals surface area (Å²) in [4.78, 5) is 13.5. The fourth-order valence-corrected chi connectivity index (χ4v) is 3.51. The van der Waals surface area contributed by atoms with E-state index in [1.807, 2.05) is 47.8 Å². The van der Waals surface area contributed by atoms with Crippen LogP contribution >= 0.6 is 11.3 Å². The molecule has 0 saturated carbocycles. The Balaban J connectivity index is 1.31. The highest BCUT2D eigenvalue weighted by molar-refractivity contribution is 7.13. The summed E-state index contributed by atoms with van der Waals surface area (Å²) in [5, 5.41) is 12.3. The van der Waals surface area contributed by atoms with Crippen LogP contribution in [0.25, 0.3) is 10.8 Å². The van der Waals surface area contributed by atoms with E-state index >= 15 is 0 Å². The Hall–Kier alpha value is -3.69. The molecule has 0 aliphatic carbocycles. The number of methoxy groups -OCH3 is 1. The number of benzene rings is 2. The predicted molar refractivity (Wildman–Crippen MR) is 120 cm³/mol. The van der Waals surface area contributed by atoms with E-state index < -0.39 is 5.91 Å². The molecule has 0 saturated heterocycles. The smallest absolute Gasteiger partial charge is 0.322 e. The highest BCUT2D eigenvalue weighted by Crippen LogP contribution is 2.27. The van der Waals surface area contributed by atoms with Gasteiger partial charge >= 0.3 is 6.01 Å². The zero-order valence-corrected chi connectivity index (χ0v) is 18.1. The molecular weight excluding hydrogens is 430 g/mol. The van der Waals surface area contributed by atoms with E-state index in [0.717, 1.165) is 10.4 Å². The Morgan fingerprint density at radius 1 is 1.06 bits per heavy atom. The van der Waals surface area contributed by atoms with Crippen LogP contribution in [0.5, 0.6) is 11.5 Å². The Morgan fingerprint density at radius 3 is 2.72 bits per heavy atom. The van der Waals surface area contributed by atoms with Crippen molar-refractivity contribution in [1.29, 1.82) is 0 Å². The highest BCUT2D eigenvalue weighted by atomic mass is 32.1. The summed E-state index contributed by atoms with van der Waals surface area (Å²) in [7, 11) is 1.49. The van der Waals surface area contributed by atoms with E-state index in [1.54, 1.807) is 18.2 Å². The number of nitrogens with zero attached hydrogens (tertiary/aromatic N) is 2. The molecule has 0 atom stereocenters. The number of amides is 1. The molecule has 9 heteroatoms. The zero-order valence-electron chi connectivity index (χ0n) is 17.3. The Morgan fingerprint density at radius 2 is 1.94 bits per heavy atom. The first-order valence-corrected chi connectivity index (χ1v) is 10.7. The number of rotatable bonds is 10. The molecule has 0 radical (unpaired) electrons. The molecule has 0 aliphatic heterocycles. The van der Waals surface area contributed by atoms with Gasteiger partial charge in [0.15, 0.2) is 0 Å². The summed E-state index contributed by atoms with van der Waals surface area (Å²) in [5.41, 5.74) is 1.42. The molecule has 0 spiro atoms. The van der Waals surface area contributed by atoms with Crippen molar-refractivity contribution in [2.24, 2.45) is 0 Å². The lowest BCUT2D eigenvalue weighted by Gasteiger charge is -2.11. The van der Waals surface area contributed by atoms with Gasteiger partial charge in [-0.25, -0.2) is 0 Å². The van der Waals surface area contributed by atoms with Crippen molar-refractivity contribution in [3.05, 3.63) is 77.2 Å². The van der Waals surface area contributed by atoms with Gasteiger partial charge in [0.2, 0.25) is 0 Å². The molecule has 0 aliphatic rings. The Kier molecular flexibility index (Phi) is 7.11. The normalized spacial score (nSPS) is 10.7. The average molecular weight is 452 g/mol. The summed E-state index contributed by atoms with van der Waals surface area (Å²) in [6.45, 7) is 1.33. The van der Waals surface area contributed by atoms with Crippen LogP contribution in [0.4, 0.5) is 6.01 Å². The molecule has 8 nitrogen and oxygen atoms in total. The molecule has 2 aromatic carbocycles. The van der Waals surface area contributed by atoms with Gasteiger partial charge in [0.25, 0.3) is 11.8 Å². The minimum absolute atomic E-state index is 0.0105. The quantitative estimate of drug-likeness (QED) is 0.351. The third-order valence-electron chi connectivity index (χ3n) is 4.40. The zero-order chi connectivity index (χ0) is 22.2. The molecule has 0 bridgehead atoms. The van der Waals surface area contributed by atoms with Crippen molar-refractivity contribution in [3.63, 3.8) is 0 Å². The second-order valence-corrected chi connectivity index (χ2v) is 7.54. The van der Waals surface area contributed by atoms with E-state index in [9.17, 15) is 4.79 Å². The Labute approximate surface area is 188 Å². The van der Waals surface area contributed by atoms with Gasteiger partial charge in [0.1, 0.15) is 18.1 Å². The molecular formula is C23H21N3O5S. The maximum Gasteiger partial charge on any atom is 0.322 e. The molecule has 2 aromatic heterocycles. The number of anilines is 1. The van der Waals surface area contributed by atoms with Crippen LogP contribution in [-0.4, -0.2) is 36.4 Å². The summed E-state index contributed by atoms with van der Waals surface area (Å²) in [6.07, 6.45) is 0. The van der Waals surface area contributed by atoms with Gasteiger partial charge in [-0.15, -0.1) is 16.4 Å². The number of nitrogens with one attached hydrogen (secondary N) is 1. The molecule has 4 rings (SSSR count). The van der Waals surface area contributed by atoms with Gasteiger partial charge in [-0.2, -0.15) is 0 Å². The molecule has 164 valence electrons. The Bertz CT molecular complexity index is 1150. The standard InChI is InChI=1S/C23H21N3O5S/c1-28-19-14-17(30-12-11-29-15-16-6-3-2-4-7-16)9-10-18(19)21(27)24-23-26-25-22(31-23)20-8-5-13-32-20/h2-10,13-14H,11-12,15H2,1H3,(H,24,26,27). The number of carbonyl (C=O) groups excluding carboxylic acids is 1. The SMILES string of the molecule is COc1cc(OCCOCc2ccccc2)ccc1C(=O)Nc1nnc(-c2cccs2)o1. The molecule has 0 fully saturated rings.